The Balaban J connectivity index is 1.49. The summed E-state index contributed by atoms with van der Waals surface area (Å²) in [6.07, 6.45) is 7.15. The first-order chi connectivity index (χ1) is 12.6. The Morgan fingerprint density at radius 2 is 1.62 bits per heavy atom. The van der Waals surface area contributed by atoms with Gasteiger partial charge >= 0.3 is 0 Å². The van der Waals surface area contributed by atoms with Crippen molar-refractivity contribution in [1.29, 1.82) is 0 Å². The third-order valence-electron chi connectivity index (χ3n) is 5.68. The third kappa shape index (κ3) is 4.83. The number of aryl methyl sites for hydroxylation is 1. The first kappa shape index (κ1) is 18.9. The van der Waals surface area contributed by atoms with Gasteiger partial charge in [-0.2, -0.15) is 0 Å². The molecule has 0 bridgehead atoms. The summed E-state index contributed by atoms with van der Waals surface area (Å²) in [4.78, 5) is 29.0. The van der Waals surface area contributed by atoms with Gasteiger partial charge in [0.1, 0.15) is 5.82 Å². The minimum atomic E-state index is -0.250. The highest BCUT2D eigenvalue weighted by Crippen LogP contribution is 2.26. The van der Waals surface area contributed by atoms with Gasteiger partial charge in [0, 0.05) is 38.5 Å². The standard InChI is InChI=1S/C21H29FN2O2/c22-19-10-5-4-7-17(19)11-12-20(25)23-13-6-14-24(16-15-23)21(26)18-8-2-1-3-9-18/h4-5,7,10,18H,1-3,6,8-9,11-16H2. The molecule has 0 N–H and O–H groups in total. The van der Waals surface area contributed by atoms with E-state index in [9.17, 15) is 14.0 Å². The second kappa shape index (κ2) is 9.15. The predicted octanol–water partition coefficient (Wildman–Crippen LogP) is 3.40. The highest BCUT2D eigenvalue weighted by Gasteiger charge is 2.28. The van der Waals surface area contributed by atoms with Crippen LogP contribution in [0.3, 0.4) is 0 Å². The van der Waals surface area contributed by atoms with E-state index >= 15 is 0 Å². The SMILES string of the molecule is O=C(CCc1ccccc1F)N1CCCN(C(=O)C2CCCCC2)CC1. The van der Waals surface area contributed by atoms with Crippen molar-refractivity contribution in [2.24, 2.45) is 5.92 Å². The third-order valence-corrected chi connectivity index (χ3v) is 5.68. The van der Waals surface area contributed by atoms with E-state index in [4.69, 9.17) is 0 Å². The highest BCUT2D eigenvalue weighted by molar-refractivity contribution is 5.79. The lowest BCUT2D eigenvalue weighted by Crippen LogP contribution is -2.40. The van der Waals surface area contributed by atoms with Crippen molar-refractivity contribution < 1.29 is 14.0 Å². The Morgan fingerprint density at radius 1 is 0.923 bits per heavy atom. The maximum absolute atomic E-state index is 13.7. The molecule has 5 heteroatoms. The van der Waals surface area contributed by atoms with Crippen LogP contribution in [0.4, 0.5) is 4.39 Å². The number of amides is 2. The molecule has 1 aliphatic heterocycles. The molecule has 0 spiro atoms. The largest absolute Gasteiger partial charge is 0.341 e. The van der Waals surface area contributed by atoms with E-state index in [1.165, 1.54) is 12.5 Å². The van der Waals surface area contributed by atoms with Gasteiger partial charge < -0.3 is 9.80 Å². The Kier molecular flexibility index (Phi) is 6.64. The zero-order chi connectivity index (χ0) is 18.4. The molecule has 0 radical (unpaired) electrons. The van der Waals surface area contributed by atoms with Gasteiger partial charge in [-0.15, -0.1) is 0 Å². The molecule has 3 rings (SSSR count). The number of halogens is 1. The van der Waals surface area contributed by atoms with E-state index in [1.807, 2.05) is 9.80 Å². The second-order valence-electron chi connectivity index (χ2n) is 7.49. The molecule has 2 amide bonds. The molecule has 1 saturated heterocycles. The molecular formula is C21H29FN2O2. The van der Waals surface area contributed by atoms with Crippen LogP contribution in [0.2, 0.25) is 0 Å². The quantitative estimate of drug-likeness (QED) is 0.826. The summed E-state index contributed by atoms with van der Waals surface area (Å²) >= 11 is 0. The molecule has 142 valence electrons. The summed E-state index contributed by atoms with van der Waals surface area (Å²) in [5.74, 6) is 0.276. The van der Waals surface area contributed by atoms with Crippen LogP contribution < -0.4 is 0 Å². The van der Waals surface area contributed by atoms with Crippen LogP contribution in [0.15, 0.2) is 24.3 Å². The number of carbonyl (C=O) groups is 2. The van der Waals surface area contributed by atoms with Crippen molar-refractivity contribution in [3.8, 4) is 0 Å². The summed E-state index contributed by atoms with van der Waals surface area (Å²) in [7, 11) is 0. The molecule has 2 aliphatic rings. The molecule has 1 aromatic carbocycles. The van der Waals surface area contributed by atoms with Crippen LogP contribution in [-0.4, -0.2) is 47.8 Å². The maximum Gasteiger partial charge on any atom is 0.225 e. The first-order valence-electron chi connectivity index (χ1n) is 9.95. The number of rotatable bonds is 4. The van der Waals surface area contributed by atoms with E-state index in [2.05, 4.69) is 0 Å². The molecule has 1 aromatic rings. The van der Waals surface area contributed by atoms with Gasteiger partial charge in [-0.05, 0) is 37.3 Å². The van der Waals surface area contributed by atoms with Crippen LogP contribution in [-0.2, 0) is 16.0 Å². The molecule has 0 atom stereocenters. The topological polar surface area (TPSA) is 40.6 Å². The van der Waals surface area contributed by atoms with Crippen LogP contribution in [0, 0.1) is 11.7 Å². The Labute approximate surface area is 155 Å². The fourth-order valence-corrected chi connectivity index (χ4v) is 4.10. The number of benzene rings is 1. The molecule has 0 unspecified atom stereocenters. The van der Waals surface area contributed by atoms with Gasteiger partial charge in [0.05, 0.1) is 0 Å². The molecule has 1 saturated carbocycles. The van der Waals surface area contributed by atoms with Gasteiger partial charge in [-0.25, -0.2) is 4.39 Å². The molecule has 2 fully saturated rings. The normalized spacial score (nSPS) is 19.3. The molecule has 26 heavy (non-hydrogen) atoms. The maximum atomic E-state index is 13.7. The van der Waals surface area contributed by atoms with Gasteiger partial charge in [0.15, 0.2) is 0 Å². The number of nitrogens with zero attached hydrogens (tertiary/aromatic N) is 2. The van der Waals surface area contributed by atoms with Crippen molar-refractivity contribution in [1.82, 2.24) is 9.80 Å². The first-order valence-corrected chi connectivity index (χ1v) is 9.95. The van der Waals surface area contributed by atoms with Gasteiger partial charge in [-0.1, -0.05) is 37.5 Å². The lowest BCUT2D eigenvalue weighted by Gasteiger charge is -2.28. The minimum Gasteiger partial charge on any atom is -0.341 e. The lowest BCUT2D eigenvalue weighted by molar-refractivity contribution is -0.137. The van der Waals surface area contributed by atoms with Crippen molar-refractivity contribution >= 4 is 11.8 Å². The Morgan fingerprint density at radius 3 is 2.38 bits per heavy atom. The average Bonchev–Trinajstić information content (AvgIpc) is 2.93. The summed E-state index contributed by atoms with van der Waals surface area (Å²) in [5, 5.41) is 0. The van der Waals surface area contributed by atoms with Crippen LogP contribution in [0.25, 0.3) is 0 Å². The fraction of sp³-hybridized carbons (Fsp3) is 0.619. The minimum absolute atomic E-state index is 0.0558. The number of carbonyl (C=O) groups excluding carboxylic acids is 2. The molecule has 1 aliphatic carbocycles. The fourth-order valence-electron chi connectivity index (χ4n) is 4.10. The van der Waals surface area contributed by atoms with E-state index in [1.54, 1.807) is 18.2 Å². The van der Waals surface area contributed by atoms with E-state index in [0.29, 0.717) is 38.0 Å². The Hall–Kier alpha value is -1.91. The Bertz CT molecular complexity index is 628. The summed E-state index contributed by atoms with van der Waals surface area (Å²) in [6, 6.07) is 6.62. The van der Waals surface area contributed by atoms with Crippen LogP contribution >= 0.6 is 0 Å². The zero-order valence-corrected chi connectivity index (χ0v) is 15.5. The monoisotopic (exact) mass is 360 g/mol. The smallest absolute Gasteiger partial charge is 0.225 e. The second-order valence-corrected chi connectivity index (χ2v) is 7.49. The van der Waals surface area contributed by atoms with E-state index in [-0.39, 0.29) is 23.5 Å². The van der Waals surface area contributed by atoms with Gasteiger partial charge in [0.2, 0.25) is 11.8 Å². The highest BCUT2D eigenvalue weighted by atomic mass is 19.1. The lowest BCUT2D eigenvalue weighted by atomic mass is 9.88. The zero-order valence-electron chi connectivity index (χ0n) is 15.5. The van der Waals surface area contributed by atoms with Crippen LogP contribution in [0.1, 0.15) is 50.5 Å². The van der Waals surface area contributed by atoms with Gasteiger partial charge in [-0.3, -0.25) is 9.59 Å². The molecular weight excluding hydrogens is 331 g/mol. The van der Waals surface area contributed by atoms with E-state index < -0.39 is 0 Å². The predicted molar refractivity (Wildman–Crippen MR) is 99.1 cm³/mol. The summed E-state index contributed by atoms with van der Waals surface area (Å²) < 4.78 is 13.7. The number of hydrogen-bond acceptors (Lipinski definition) is 2. The van der Waals surface area contributed by atoms with Crippen molar-refractivity contribution in [2.75, 3.05) is 26.2 Å². The van der Waals surface area contributed by atoms with Crippen molar-refractivity contribution in [2.45, 2.75) is 51.4 Å². The summed E-state index contributed by atoms with van der Waals surface area (Å²) in [5.41, 5.74) is 0.588. The average molecular weight is 360 g/mol. The number of hydrogen-bond donors (Lipinski definition) is 0. The van der Waals surface area contributed by atoms with Crippen molar-refractivity contribution in [3.63, 3.8) is 0 Å². The van der Waals surface area contributed by atoms with Crippen LogP contribution in [0.5, 0.6) is 0 Å². The summed E-state index contributed by atoms with van der Waals surface area (Å²) in [6.45, 7) is 2.65. The van der Waals surface area contributed by atoms with Crippen molar-refractivity contribution in [3.05, 3.63) is 35.6 Å². The van der Waals surface area contributed by atoms with Gasteiger partial charge in [0.25, 0.3) is 0 Å². The molecule has 1 heterocycles. The molecule has 0 aromatic heterocycles. The molecule has 4 nitrogen and oxygen atoms in total. The van der Waals surface area contributed by atoms with E-state index in [0.717, 1.165) is 38.6 Å².